The molecule has 0 unspecified atom stereocenters. The minimum absolute atomic E-state index is 0.0527. The van der Waals surface area contributed by atoms with Crippen molar-refractivity contribution < 1.29 is 19.5 Å². The first-order chi connectivity index (χ1) is 6.56. The van der Waals surface area contributed by atoms with Crippen LogP contribution in [-0.2, 0) is 14.4 Å². The summed E-state index contributed by atoms with van der Waals surface area (Å²) in [6, 6.07) is 0. The molecule has 0 aliphatic rings. The van der Waals surface area contributed by atoms with Gasteiger partial charge in [-0.05, 0) is 14.0 Å². The number of carbonyl (C=O) groups excluding carboxylic acids is 1. The molecule has 0 aromatic carbocycles. The number of hydrogen-bond acceptors (Lipinski definition) is 6. The van der Waals surface area contributed by atoms with Crippen molar-refractivity contribution in [3.63, 3.8) is 0 Å². The van der Waals surface area contributed by atoms with E-state index in [1.165, 1.54) is 0 Å². The molecule has 14 heavy (non-hydrogen) atoms. The highest BCUT2D eigenvalue weighted by atomic mass is 16.9. The Hall–Kier alpha value is -1.37. The van der Waals surface area contributed by atoms with Crippen molar-refractivity contribution in [2.24, 2.45) is 0 Å². The molecular formula is C7H14N2O5. The molecule has 0 N–H and O–H groups in total. The van der Waals surface area contributed by atoms with Crippen molar-refractivity contribution in [2.45, 2.75) is 6.92 Å². The maximum Gasteiger partial charge on any atom is 0.320 e. The topological polar surface area (TPSA) is 81.9 Å². The molecule has 0 aromatic rings. The first kappa shape index (κ1) is 12.6. The largest absolute Gasteiger partial charge is 0.465 e. The second-order valence-electron chi connectivity index (χ2n) is 2.60. The Balaban J connectivity index is 3.49. The molecule has 0 radical (unpaired) electrons. The van der Waals surface area contributed by atoms with E-state index in [4.69, 9.17) is 0 Å². The van der Waals surface area contributed by atoms with Crippen LogP contribution < -0.4 is 0 Å². The maximum absolute atomic E-state index is 10.9. The second-order valence-corrected chi connectivity index (χ2v) is 2.60. The number of likely N-dealkylation sites (N-methyl/N-ethyl adjacent to an activating group) is 1. The summed E-state index contributed by atoms with van der Waals surface area (Å²) in [5.41, 5.74) is 0. The Morgan fingerprint density at radius 1 is 1.57 bits per heavy atom. The van der Waals surface area contributed by atoms with Gasteiger partial charge in [0.15, 0.2) is 0 Å². The first-order valence-electron chi connectivity index (χ1n) is 4.17. The van der Waals surface area contributed by atoms with Gasteiger partial charge in [-0.3, -0.25) is 9.69 Å². The summed E-state index contributed by atoms with van der Waals surface area (Å²) in [5, 5.41) is 8.92. The molecule has 0 spiro atoms. The fraction of sp³-hybridized carbons (Fsp3) is 0.857. The molecule has 7 nitrogen and oxygen atoms in total. The maximum atomic E-state index is 10.9. The average molecular weight is 206 g/mol. The number of nitrogens with zero attached hydrogens (tertiary/aromatic N) is 2. The molecule has 0 atom stereocenters. The summed E-state index contributed by atoms with van der Waals surface area (Å²) in [4.78, 5) is 26.4. The van der Waals surface area contributed by atoms with Gasteiger partial charge in [0.25, 0.3) is 5.09 Å². The Kier molecular flexibility index (Phi) is 6.38. The van der Waals surface area contributed by atoms with E-state index >= 15 is 0 Å². The van der Waals surface area contributed by atoms with Crippen molar-refractivity contribution in [1.29, 1.82) is 0 Å². The van der Waals surface area contributed by atoms with Crippen LogP contribution in [0.5, 0.6) is 0 Å². The summed E-state index contributed by atoms with van der Waals surface area (Å²) in [5.74, 6) is -0.351. The molecule has 82 valence electrons. The summed E-state index contributed by atoms with van der Waals surface area (Å²) >= 11 is 0. The van der Waals surface area contributed by atoms with Gasteiger partial charge in [-0.15, -0.1) is 10.1 Å². The zero-order chi connectivity index (χ0) is 11.0. The fourth-order valence-electron chi connectivity index (χ4n) is 0.777. The normalized spacial score (nSPS) is 9.93. The van der Waals surface area contributed by atoms with Gasteiger partial charge in [-0.1, -0.05) is 0 Å². The quantitative estimate of drug-likeness (QED) is 0.323. The summed E-state index contributed by atoms with van der Waals surface area (Å²) < 4.78 is 4.68. The second kappa shape index (κ2) is 7.07. The predicted octanol–water partition coefficient (Wildman–Crippen LogP) is -0.310. The van der Waals surface area contributed by atoms with E-state index in [-0.39, 0.29) is 19.1 Å². The van der Waals surface area contributed by atoms with Crippen LogP contribution in [0.2, 0.25) is 0 Å². The SMILES string of the molecule is CCOC(=O)CN(C)CCO[N+](=O)[O-]. The number of rotatable bonds is 7. The molecule has 0 amide bonds. The van der Waals surface area contributed by atoms with Crippen molar-refractivity contribution >= 4 is 5.97 Å². The highest BCUT2D eigenvalue weighted by Crippen LogP contribution is 1.86. The van der Waals surface area contributed by atoms with Crippen LogP contribution in [0.1, 0.15) is 6.92 Å². The zero-order valence-electron chi connectivity index (χ0n) is 8.26. The standard InChI is InChI=1S/C7H14N2O5/c1-3-13-7(10)6-8(2)4-5-14-9(11)12/h3-6H2,1-2H3. The molecule has 0 rings (SSSR count). The number of esters is 1. The lowest BCUT2D eigenvalue weighted by molar-refractivity contribution is -0.757. The lowest BCUT2D eigenvalue weighted by Gasteiger charge is -2.14. The highest BCUT2D eigenvalue weighted by Gasteiger charge is 2.07. The van der Waals surface area contributed by atoms with E-state index < -0.39 is 5.09 Å². The molecule has 0 aromatic heterocycles. The van der Waals surface area contributed by atoms with Crippen LogP contribution in [0.3, 0.4) is 0 Å². The highest BCUT2D eigenvalue weighted by molar-refractivity contribution is 5.71. The van der Waals surface area contributed by atoms with Gasteiger partial charge < -0.3 is 9.57 Å². The number of hydrogen-bond donors (Lipinski definition) is 0. The summed E-state index contributed by atoms with van der Waals surface area (Å²) in [7, 11) is 1.65. The van der Waals surface area contributed by atoms with Gasteiger partial charge in [-0.25, -0.2) is 0 Å². The van der Waals surface area contributed by atoms with Crippen molar-refractivity contribution in [3.8, 4) is 0 Å². The third-order valence-electron chi connectivity index (χ3n) is 1.37. The van der Waals surface area contributed by atoms with Gasteiger partial charge in [-0.2, -0.15) is 0 Å². The van der Waals surface area contributed by atoms with Crippen LogP contribution in [0.25, 0.3) is 0 Å². The van der Waals surface area contributed by atoms with Gasteiger partial charge >= 0.3 is 5.97 Å². The van der Waals surface area contributed by atoms with Crippen LogP contribution in [0.15, 0.2) is 0 Å². The third-order valence-corrected chi connectivity index (χ3v) is 1.37. The molecule has 0 saturated carbocycles. The van der Waals surface area contributed by atoms with Gasteiger partial charge in [0, 0.05) is 6.54 Å². The predicted molar refractivity (Wildman–Crippen MR) is 47.1 cm³/mol. The molecule has 0 heterocycles. The number of carbonyl (C=O) groups is 1. The van der Waals surface area contributed by atoms with Gasteiger partial charge in [0.1, 0.15) is 6.61 Å². The lowest BCUT2D eigenvalue weighted by Crippen LogP contribution is -2.30. The van der Waals surface area contributed by atoms with Crippen LogP contribution in [0, 0.1) is 10.1 Å². The third kappa shape index (κ3) is 7.29. The number of ether oxygens (including phenoxy) is 1. The van der Waals surface area contributed by atoms with Crippen molar-refractivity contribution in [1.82, 2.24) is 4.90 Å². The molecular weight excluding hydrogens is 192 g/mol. The summed E-state index contributed by atoms with van der Waals surface area (Å²) in [6.45, 7) is 2.41. The summed E-state index contributed by atoms with van der Waals surface area (Å²) in [6.07, 6.45) is 0. The molecule has 0 fully saturated rings. The molecule has 0 aliphatic carbocycles. The molecule has 0 saturated heterocycles. The van der Waals surface area contributed by atoms with Crippen LogP contribution in [-0.4, -0.2) is 49.3 Å². The first-order valence-corrected chi connectivity index (χ1v) is 4.17. The van der Waals surface area contributed by atoms with Gasteiger partial charge in [0.05, 0.1) is 13.2 Å². The minimum Gasteiger partial charge on any atom is -0.465 e. The molecule has 7 heteroatoms. The molecule has 0 bridgehead atoms. The minimum atomic E-state index is -0.863. The molecule has 0 aliphatic heterocycles. The Morgan fingerprint density at radius 3 is 2.71 bits per heavy atom. The lowest BCUT2D eigenvalue weighted by atomic mass is 10.5. The van der Waals surface area contributed by atoms with Crippen molar-refractivity contribution in [2.75, 3.05) is 33.4 Å². The Morgan fingerprint density at radius 2 is 2.21 bits per heavy atom. The zero-order valence-corrected chi connectivity index (χ0v) is 8.26. The van der Waals surface area contributed by atoms with Crippen LogP contribution in [0.4, 0.5) is 0 Å². The van der Waals surface area contributed by atoms with E-state index in [1.54, 1.807) is 18.9 Å². The van der Waals surface area contributed by atoms with Crippen LogP contribution >= 0.6 is 0 Å². The average Bonchev–Trinajstić information content (AvgIpc) is 2.03. The van der Waals surface area contributed by atoms with Crippen molar-refractivity contribution in [3.05, 3.63) is 10.1 Å². The van der Waals surface area contributed by atoms with E-state index in [0.29, 0.717) is 13.2 Å². The van der Waals surface area contributed by atoms with E-state index in [2.05, 4.69) is 9.57 Å². The Bertz CT molecular complexity index is 197. The van der Waals surface area contributed by atoms with E-state index in [9.17, 15) is 14.9 Å². The van der Waals surface area contributed by atoms with Gasteiger partial charge in [0.2, 0.25) is 0 Å². The van der Waals surface area contributed by atoms with E-state index in [1.807, 2.05) is 0 Å². The monoisotopic (exact) mass is 206 g/mol. The fourth-order valence-corrected chi connectivity index (χ4v) is 0.777. The Labute approximate surface area is 81.7 Å². The van der Waals surface area contributed by atoms with E-state index in [0.717, 1.165) is 0 Å². The smallest absolute Gasteiger partial charge is 0.320 e.